The number of aliphatic hydroxyl groups excluding tert-OH is 1. The van der Waals surface area contributed by atoms with Crippen LogP contribution in [0.2, 0.25) is 0 Å². The van der Waals surface area contributed by atoms with Crippen molar-refractivity contribution in [3.8, 4) is 0 Å². The Bertz CT molecular complexity index is 423. The van der Waals surface area contributed by atoms with E-state index in [1.54, 1.807) is 0 Å². The summed E-state index contributed by atoms with van der Waals surface area (Å²) in [6.45, 7) is 12.0. The average Bonchev–Trinajstić information content (AvgIpc) is 2.97. The van der Waals surface area contributed by atoms with E-state index >= 15 is 0 Å². The zero-order valence-electron chi connectivity index (χ0n) is 12.6. The fraction of sp³-hybridized carbons (Fsp3) is 0.857. The highest BCUT2D eigenvalue weighted by atomic mass is 16.5. The highest BCUT2D eigenvalue weighted by molar-refractivity contribution is 5.02. The van der Waals surface area contributed by atoms with Gasteiger partial charge in [-0.15, -0.1) is 0 Å². The monoisotopic (exact) mass is 267 g/mol. The van der Waals surface area contributed by atoms with Crippen molar-refractivity contribution in [1.29, 1.82) is 0 Å². The molecule has 5 nitrogen and oxygen atoms in total. The Morgan fingerprint density at radius 2 is 2.05 bits per heavy atom. The summed E-state index contributed by atoms with van der Waals surface area (Å²) in [5, 5.41) is 13.7. The SMILES string of the molecule is CC(O)C1CCN(C(C)c2nc(C(C)(C)C)no2)C1. The van der Waals surface area contributed by atoms with Crippen LogP contribution in [0.1, 0.15) is 58.8 Å². The van der Waals surface area contributed by atoms with Gasteiger partial charge in [0, 0.05) is 12.0 Å². The van der Waals surface area contributed by atoms with Gasteiger partial charge in [-0.05, 0) is 32.7 Å². The minimum absolute atomic E-state index is 0.0887. The molecule has 1 saturated heterocycles. The minimum Gasteiger partial charge on any atom is -0.393 e. The quantitative estimate of drug-likeness (QED) is 0.909. The van der Waals surface area contributed by atoms with Gasteiger partial charge in [-0.2, -0.15) is 4.98 Å². The van der Waals surface area contributed by atoms with Gasteiger partial charge in [-0.1, -0.05) is 25.9 Å². The molecule has 0 spiro atoms. The smallest absolute Gasteiger partial charge is 0.243 e. The van der Waals surface area contributed by atoms with Gasteiger partial charge >= 0.3 is 0 Å². The highest BCUT2D eigenvalue weighted by Gasteiger charge is 2.32. The van der Waals surface area contributed by atoms with E-state index < -0.39 is 0 Å². The molecule has 1 aromatic rings. The number of hydrogen-bond donors (Lipinski definition) is 1. The third-order valence-corrected chi connectivity index (χ3v) is 3.96. The van der Waals surface area contributed by atoms with Crippen LogP contribution in [0.25, 0.3) is 0 Å². The van der Waals surface area contributed by atoms with Crippen molar-refractivity contribution in [3.05, 3.63) is 11.7 Å². The molecule has 2 heterocycles. The lowest BCUT2D eigenvalue weighted by Crippen LogP contribution is -2.27. The number of likely N-dealkylation sites (tertiary alicyclic amines) is 1. The Morgan fingerprint density at radius 1 is 1.37 bits per heavy atom. The summed E-state index contributed by atoms with van der Waals surface area (Å²) in [6.07, 6.45) is 0.785. The number of aromatic nitrogens is 2. The van der Waals surface area contributed by atoms with Gasteiger partial charge in [0.2, 0.25) is 5.89 Å². The second-order valence-corrected chi connectivity index (χ2v) is 6.67. The van der Waals surface area contributed by atoms with Crippen LogP contribution >= 0.6 is 0 Å². The Morgan fingerprint density at radius 3 is 2.53 bits per heavy atom. The molecular formula is C14H25N3O2. The van der Waals surface area contributed by atoms with E-state index in [0.717, 1.165) is 25.3 Å². The van der Waals surface area contributed by atoms with Crippen molar-refractivity contribution in [1.82, 2.24) is 15.0 Å². The lowest BCUT2D eigenvalue weighted by Gasteiger charge is -2.21. The van der Waals surface area contributed by atoms with Crippen LogP contribution in [0.3, 0.4) is 0 Å². The number of aliphatic hydroxyl groups is 1. The Labute approximate surface area is 115 Å². The summed E-state index contributed by atoms with van der Waals surface area (Å²) in [4.78, 5) is 6.82. The first-order valence-corrected chi connectivity index (χ1v) is 7.05. The van der Waals surface area contributed by atoms with E-state index in [-0.39, 0.29) is 17.6 Å². The van der Waals surface area contributed by atoms with Crippen LogP contribution in [0.4, 0.5) is 0 Å². The highest BCUT2D eigenvalue weighted by Crippen LogP contribution is 2.29. The standard InChI is InChI=1S/C14H25N3O2/c1-9(17-7-6-11(8-17)10(2)18)12-15-13(16-19-12)14(3,4)5/h9-11,18H,6-8H2,1-5H3. The molecule has 0 amide bonds. The maximum absolute atomic E-state index is 9.65. The van der Waals surface area contributed by atoms with Crippen molar-refractivity contribution in [2.45, 2.75) is 58.6 Å². The minimum atomic E-state index is -0.245. The van der Waals surface area contributed by atoms with Crippen molar-refractivity contribution >= 4 is 0 Å². The van der Waals surface area contributed by atoms with E-state index in [1.807, 2.05) is 6.92 Å². The third kappa shape index (κ3) is 3.15. The molecule has 1 aliphatic rings. The topological polar surface area (TPSA) is 62.4 Å². The normalized spacial score (nSPS) is 24.6. The summed E-state index contributed by atoms with van der Waals surface area (Å²) in [5.74, 6) is 1.78. The first-order chi connectivity index (χ1) is 8.79. The van der Waals surface area contributed by atoms with Crippen molar-refractivity contribution < 1.29 is 9.63 Å². The average molecular weight is 267 g/mol. The zero-order chi connectivity index (χ0) is 14.2. The molecule has 1 aliphatic heterocycles. The molecule has 5 heteroatoms. The summed E-state index contributed by atoms with van der Waals surface area (Å²) in [6, 6.07) is 0.118. The molecule has 0 aliphatic carbocycles. The molecule has 1 fully saturated rings. The van der Waals surface area contributed by atoms with Crippen molar-refractivity contribution in [2.75, 3.05) is 13.1 Å². The Hall–Kier alpha value is -0.940. The lowest BCUT2D eigenvalue weighted by molar-refractivity contribution is 0.119. The summed E-state index contributed by atoms with van der Waals surface area (Å²) >= 11 is 0. The number of nitrogens with zero attached hydrogens (tertiary/aromatic N) is 3. The van der Waals surface area contributed by atoms with E-state index in [2.05, 4.69) is 42.7 Å². The molecule has 108 valence electrons. The van der Waals surface area contributed by atoms with Crippen LogP contribution in [0, 0.1) is 5.92 Å². The second-order valence-electron chi connectivity index (χ2n) is 6.67. The molecule has 0 saturated carbocycles. The maximum Gasteiger partial charge on any atom is 0.243 e. The molecule has 3 atom stereocenters. The molecule has 3 unspecified atom stereocenters. The molecule has 0 aromatic carbocycles. The molecule has 1 N–H and O–H groups in total. The molecule has 1 aromatic heterocycles. The lowest BCUT2D eigenvalue weighted by atomic mass is 9.96. The van der Waals surface area contributed by atoms with Gasteiger partial charge in [-0.25, -0.2) is 0 Å². The van der Waals surface area contributed by atoms with E-state index in [1.165, 1.54) is 0 Å². The predicted octanol–water partition coefficient (Wildman–Crippen LogP) is 2.13. The third-order valence-electron chi connectivity index (χ3n) is 3.96. The zero-order valence-corrected chi connectivity index (χ0v) is 12.6. The fourth-order valence-corrected chi connectivity index (χ4v) is 2.43. The van der Waals surface area contributed by atoms with Gasteiger partial charge in [0.05, 0.1) is 12.1 Å². The van der Waals surface area contributed by atoms with Crippen LogP contribution in [-0.2, 0) is 5.41 Å². The van der Waals surface area contributed by atoms with Crippen LogP contribution in [-0.4, -0.2) is 39.3 Å². The molecule has 0 bridgehead atoms. The van der Waals surface area contributed by atoms with Crippen LogP contribution in [0.15, 0.2) is 4.52 Å². The number of hydrogen-bond acceptors (Lipinski definition) is 5. The summed E-state index contributed by atoms with van der Waals surface area (Å²) in [7, 11) is 0. The van der Waals surface area contributed by atoms with E-state index in [0.29, 0.717) is 11.8 Å². The van der Waals surface area contributed by atoms with Gasteiger partial charge in [-0.3, -0.25) is 4.90 Å². The Kier molecular flexibility index (Phi) is 3.97. The van der Waals surface area contributed by atoms with Gasteiger partial charge < -0.3 is 9.63 Å². The largest absolute Gasteiger partial charge is 0.393 e. The second kappa shape index (κ2) is 5.21. The van der Waals surface area contributed by atoms with Crippen LogP contribution in [0.5, 0.6) is 0 Å². The van der Waals surface area contributed by atoms with Crippen molar-refractivity contribution in [2.24, 2.45) is 5.92 Å². The summed E-state index contributed by atoms with van der Waals surface area (Å²) in [5.41, 5.74) is -0.0887. The Balaban J connectivity index is 2.04. The predicted molar refractivity (Wildman–Crippen MR) is 72.8 cm³/mol. The van der Waals surface area contributed by atoms with Gasteiger partial charge in [0.25, 0.3) is 0 Å². The molecule has 2 rings (SSSR count). The van der Waals surface area contributed by atoms with E-state index in [9.17, 15) is 5.11 Å². The van der Waals surface area contributed by atoms with Crippen LogP contribution < -0.4 is 0 Å². The van der Waals surface area contributed by atoms with E-state index in [4.69, 9.17) is 4.52 Å². The first-order valence-electron chi connectivity index (χ1n) is 7.05. The van der Waals surface area contributed by atoms with Crippen molar-refractivity contribution in [3.63, 3.8) is 0 Å². The number of rotatable bonds is 3. The van der Waals surface area contributed by atoms with Gasteiger partial charge in [0.15, 0.2) is 5.82 Å². The fourth-order valence-electron chi connectivity index (χ4n) is 2.43. The maximum atomic E-state index is 9.65. The van der Waals surface area contributed by atoms with Gasteiger partial charge in [0.1, 0.15) is 0 Å². The molecule has 0 radical (unpaired) electrons. The molecular weight excluding hydrogens is 242 g/mol. The first kappa shape index (κ1) is 14.5. The summed E-state index contributed by atoms with van der Waals surface area (Å²) < 4.78 is 5.40. The molecule has 19 heavy (non-hydrogen) atoms.